The van der Waals surface area contributed by atoms with Crippen molar-refractivity contribution in [1.29, 1.82) is 0 Å². The first-order valence-corrected chi connectivity index (χ1v) is 7.55. The number of aryl methyl sites for hydroxylation is 2. The number of carbonyl (C=O) groups is 2. The van der Waals surface area contributed by atoms with Crippen molar-refractivity contribution in [1.82, 2.24) is 5.32 Å². The highest BCUT2D eigenvalue weighted by molar-refractivity contribution is 5.88. The molecule has 4 heteroatoms. The second kappa shape index (κ2) is 7.09. The Morgan fingerprint density at radius 1 is 0.957 bits per heavy atom. The molecule has 0 spiro atoms. The molecule has 0 aromatic heterocycles. The summed E-state index contributed by atoms with van der Waals surface area (Å²) < 4.78 is 0. The average molecular weight is 311 g/mol. The first kappa shape index (κ1) is 16.7. The Kier molecular flexibility index (Phi) is 5.16. The highest BCUT2D eigenvalue weighted by Crippen LogP contribution is 2.20. The molecule has 2 N–H and O–H groups in total. The van der Waals surface area contributed by atoms with Crippen LogP contribution in [0.1, 0.15) is 41.1 Å². The van der Waals surface area contributed by atoms with Gasteiger partial charge in [-0.25, -0.2) is 4.79 Å². The molecule has 0 aliphatic carbocycles. The molecule has 0 aliphatic rings. The quantitative estimate of drug-likeness (QED) is 0.890. The third-order valence-corrected chi connectivity index (χ3v) is 3.80. The van der Waals surface area contributed by atoms with Crippen molar-refractivity contribution < 1.29 is 14.7 Å². The maximum absolute atomic E-state index is 12.4. The fraction of sp³-hybridized carbons (Fsp3) is 0.263. The van der Waals surface area contributed by atoms with Crippen LogP contribution >= 0.6 is 0 Å². The van der Waals surface area contributed by atoms with Crippen molar-refractivity contribution in [2.45, 2.75) is 32.7 Å². The van der Waals surface area contributed by atoms with Crippen LogP contribution < -0.4 is 5.32 Å². The summed E-state index contributed by atoms with van der Waals surface area (Å²) in [6.07, 6.45) is 0. The van der Waals surface area contributed by atoms with Crippen molar-refractivity contribution in [2.24, 2.45) is 0 Å². The van der Waals surface area contributed by atoms with E-state index in [4.69, 9.17) is 0 Å². The highest BCUT2D eigenvalue weighted by atomic mass is 16.4. The Balaban J connectivity index is 2.22. The number of benzene rings is 2. The Morgan fingerprint density at radius 2 is 1.52 bits per heavy atom. The van der Waals surface area contributed by atoms with Gasteiger partial charge in [-0.3, -0.25) is 4.79 Å². The summed E-state index contributed by atoms with van der Waals surface area (Å²) in [6, 6.07) is 13.8. The van der Waals surface area contributed by atoms with Gasteiger partial charge in [-0.1, -0.05) is 59.7 Å². The Morgan fingerprint density at radius 3 is 2.04 bits per heavy atom. The largest absolute Gasteiger partial charge is 0.479 e. The van der Waals surface area contributed by atoms with Crippen LogP contribution in [0.25, 0.3) is 0 Å². The predicted molar refractivity (Wildman–Crippen MR) is 89.3 cm³/mol. The summed E-state index contributed by atoms with van der Waals surface area (Å²) in [7, 11) is 0. The number of rotatable bonds is 5. The first-order chi connectivity index (χ1) is 10.9. The van der Waals surface area contributed by atoms with E-state index in [0.717, 1.165) is 16.7 Å². The van der Waals surface area contributed by atoms with Crippen molar-refractivity contribution in [3.8, 4) is 0 Å². The van der Waals surface area contributed by atoms with Gasteiger partial charge in [0.2, 0.25) is 5.91 Å². The van der Waals surface area contributed by atoms with Crippen LogP contribution in [0.5, 0.6) is 0 Å². The van der Waals surface area contributed by atoms with Gasteiger partial charge in [0.25, 0.3) is 0 Å². The smallest absolute Gasteiger partial charge is 0.330 e. The summed E-state index contributed by atoms with van der Waals surface area (Å²) in [5.74, 6) is -1.78. The monoisotopic (exact) mass is 311 g/mol. The van der Waals surface area contributed by atoms with E-state index < -0.39 is 17.9 Å². The van der Waals surface area contributed by atoms with Crippen molar-refractivity contribution in [3.63, 3.8) is 0 Å². The Hall–Kier alpha value is -2.62. The lowest BCUT2D eigenvalue weighted by Gasteiger charge is -2.19. The van der Waals surface area contributed by atoms with E-state index >= 15 is 0 Å². The SMILES string of the molecule is Cc1cc(C)cc(C(NC(=O)[C@H](C)c2ccccc2)C(=O)O)c1. The normalized spacial score (nSPS) is 13.2. The molecule has 23 heavy (non-hydrogen) atoms. The van der Waals surface area contributed by atoms with Gasteiger partial charge in [0.1, 0.15) is 0 Å². The summed E-state index contributed by atoms with van der Waals surface area (Å²) in [5, 5.41) is 12.1. The molecule has 1 unspecified atom stereocenters. The zero-order valence-corrected chi connectivity index (χ0v) is 13.5. The fourth-order valence-electron chi connectivity index (χ4n) is 2.62. The second-order valence-corrected chi connectivity index (χ2v) is 5.83. The molecular formula is C19H21NO3. The lowest BCUT2D eigenvalue weighted by molar-refractivity contribution is -0.142. The second-order valence-electron chi connectivity index (χ2n) is 5.83. The minimum Gasteiger partial charge on any atom is -0.479 e. The maximum atomic E-state index is 12.4. The molecule has 120 valence electrons. The molecule has 0 aliphatic heterocycles. The highest BCUT2D eigenvalue weighted by Gasteiger charge is 2.25. The average Bonchev–Trinajstić information content (AvgIpc) is 2.51. The molecule has 2 rings (SSSR count). The van der Waals surface area contributed by atoms with E-state index in [1.54, 1.807) is 19.1 Å². The van der Waals surface area contributed by atoms with E-state index in [1.165, 1.54) is 0 Å². The zero-order valence-electron chi connectivity index (χ0n) is 13.5. The van der Waals surface area contributed by atoms with Crippen LogP contribution in [-0.2, 0) is 9.59 Å². The van der Waals surface area contributed by atoms with Crippen molar-refractivity contribution >= 4 is 11.9 Å². The van der Waals surface area contributed by atoms with E-state index in [0.29, 0.717) is 5.56 Å². The molecule has 2 atom stereocenters. The van der Waals surface area contributed by atoms with Crippen molar-refractivity contribution in [2.75, 3.05) is 0 Å². The fourth-order valence-corrected chi connectivity index (χ4v) is 2.62. The molecular weight excluding hydrogens is 290 g/mol. The van der Waals surface area contributed by atoms with Gasteiger partial charge in [-0.2, -0.15) is 0 Å². The van der Waals surface area contributed by atoms with Gasteiger partial charge < -0.3 is 10.4 Å². The molecule has 0 bridgehead atoms. The third kappa shape index (κ3) is 4.19. The topological polar surface area (TPSA) is 66.4 Å². The maximum Gasteiger partial charge on any atom is 0.330 e. The number of aliphatic carboxylic acids is 1. The van der Waals surface area contributed by atoms with E-state index in [2.05, 4.69) is 5.32 Å². The zero-order chi connectivity index (χ0) is 17.0. The number of nitrogens with one attached hydrogen (secondary N) is 1. The molecule has 4 nitrogen and oxygen atoms in total. The minimum absolute atomic E-state index is 0.303. The van der Waals surface area contributed by atoms with E-state index in [1.807, 2.05) is 50.2 Å². The number of carbonyl (C=O) groups excluding carboxylic acids is 1. The van der Waals surface area contributed by atoms with Gasteiger partial charge in [-0.15, -0.1) is 0 Å². The molecule has 2 aromatic rings. The lowest BCUT2D eigenvalue weighted by Crippen LogP contribution is -2.36. The number of carboxylic acids is 1. The predicted octanol–water partition coefficient (Wildman–Crippen LogP) is 3.35. The van der Waals surface area contributed by atoms with Gasteiger partial charge >= 0.3 is 5.97 Å². The van der Waals surface area contributed by atoms with Gasteiger partial charge in [0.05, 0.1) is 5.92 Å². The van der Waals surface area contributed by atoms with E-state index in [-0.39, 0.29) is 5.91 Å². The van der Waals surface area contributed by atoms with E-state index in [9.17, 15) is 14.7 Å². The lowest BCUT2D eigenvalue weighted by atomic mass is 9.98. The van der Waals surface area contributed by atoms with Gasteiger partial charge in [0, 0.05) is 0 Å². The minimum atomic E-state index is -1.07. The standard InChI is InChI=1S/C19H21NO3/c1-12-9-13(2)11-16(10-12)17(19(22)23)20-18(21)14(3)15-7-5-4-6-8-15/h4-11,14,17H,1-3H3,(H,20,21)(H,22,23)/t14-,17?/m1/s1. The molecule has 1 amide bonds. The Labute approximate surface area is 136 Å². The molecule has 2 aromatic carbocycles. The van der Waals surface area contributed by atoms with Crippen LogP contribution in [-0.4, -0.2) is 17.0 Å². The molecule has 0 saturated carbocycles. The van der Waals surface area contributed by atoms with Crippen LogP contribution in [0.2, 0.25) is 0 Å². The molecule has 0 saturated heterocycles. The number of hydrogen-bond acceptors (Lipinski definition) is 2. The summed E-state index contributed by atoms with van der Waals surface area (Å²) in [6.45, 7) is 5.58. The van der Waals surface area contributed by atoms with Crippen molar-refractivity contribution in [3.05, 3.63) is 70.8 Å². The first-order valence-electron chi connectivity index (χ1n) is 7.55. The molecule has 0 radical (unpaired) electrons. The summed E-state index contributed by atoms with van der Waals surface area (Å²) in [5.41, 5.74) is 3.38. The number of hydrogen-bond donors (Lipinski definition) is 2. The summed E-state index contributed by atoms with van der Waals surface area (Å²) >= 11 is 0. The number of amides is 1. The van der Waals surface area contributed by atoms with Crippen LogP contribution in [0.3, 0.4) is 0 Å². The molecule has 0 fully saturated rings. The third-order valence-electron chi connectivity index (χ3n) is 3.80. The molecule has 0 heterocycles. The van der Waals surface area contributed by atoms with Crippen LogP contribution in [0.4, 0.5) is 0 Å². The van der Waals surface area contributed by atoms with Crippen LogP contribution in [0, 0.1) is 13.8 Å². The number of carboxylic acid groups (broad SMARTS) is 1. The van der Waals surface area contributed by atoms with Crippen LogP contribution in [0.15, 0.2) is 48.5 Å². The summed E-state index contributed by atoms with van der Waals surface area (Å²) in [4.78, 5) is 24.0. The van der Waals surface area contributed by atoms with Gasteiger partial charge in [-0.05, 0) is 31.9 Å². The van der Waals surface area contributed by atoms with Gasteiger partial charge in [0.15, 0.2) is 6.04 Å². The Bertz CT molecular complexity index is 690.